The van der Waals surface area contributed by atoms with Gasteiger partial charge in [0.15, 0.2) is 0 Å². The van der Waals surface area contributed by atoms with E-state index < -0.39 is 0 Å². The van der Waals surface area contributed by atoms with Crippen molar-refractivity contribution in [1.82, 2.24) is 0 Å². The number of aliphatic imine (C=N–C) groups is 1. The van der Waals surface area contributed by atoms with Gasteiger partial charge in [-0.1, -0.05) is 6.58 Å². The summed E-state index contributed by atoms with van der Waals surface area (Å²) in [5.74, 6) is 0.546. The molecule has 0 aromatic heterocycles. The minimum atomic E-state index is -0.176. The molecular weight excluding hydrogens is 156 g/mol. The first-order valence-electron chi connectivity index (χ1n) is 3.83. The second-order valence-electron chi connectivity index (χ2n) is 2.47. The monoisotopic (exact) mass is 172 g/mol. The second-order valence-corrected chi connectivity index (χ2v) is 2.47. The summed E-state index contributed by atoms with van der Waals surface area (Å²) in [4.78, 5) is 3.58. The molecule has 1 rings (SSSR count). The molecule has 0 aromatic rings. The van der Waals surface area contributed by atoms with Gasteiger partial charge in [-0.25, -0.2) is 4.99 Å². The van der Waals surface area contributed by atoms with Crippen molar-refractivity contribution in [3.05, 3.63) is 12.8 Å². The Morgan fingerprint density at radius 1 is 1.83 bits per heavy atom. The van der Waals surface area contributed by atoms with Crippen LogP contribution >= 0.6 is 0 Å². The van der Waals surface area contributed by atoms with Crippen LogP contribution in [0.15, 0.2) is 17.8 Å². The summed E-state index contributed by atoms with van der Waals surface area (Å²) < 4.78 is 4.81. The number of hydrogen-bond acceptors (Lipinski definition) is 3. The number of aliphatic hydroxyl groups excluding tert-OH is 1. The normalized spacial score (nSPS) is 22.8. The summed E-state index contributed by atoms with van der Waals surface area (Å²) in [5, 5.41) is 8.60. The Morgan fingerprint density at radius 3 is 2.58 bits per heavy atom. The van der Waals surface area contributed by atoms with Gasteiger partial charge in [0, 0.05) is 12.8 Å². The van der Waals surface area contributed by atoms with E-state index in [4.69, 9.17) is 15.6 Å². The third kappa shape index (κ3) is 7.24. The van der Waals surface area contributed by atoms with Crippen LogP contribution in [0.5, 0.6) is 0 Å². The zero-order valence-electron chi connectivity index (χ0n) is 7.36. The summed E-state index contributed by atoms with van der Waals surface area (Å²) in [7, 11) is 0. The molecule has 12 heavy (non-hydrogen) atoms. The first kappa shape index (κ1) is 11.1. The van der Waals surface area contributed by atoms with Crippen LogP contribution in [-0.4, -0.2) is 30.3 Å². The van der Waals surface area contributed by atoms with Gasteiger partial charge in [0.2, 0.25) is 0 Å². The van der Waals surface area contributed by atoms with E-state index in [-0.39, 0.29) is 6.10 Å². The van der Waals surface area contributed by atoms with Crippen molar-refractivity contribution in [2.24, 2.45) is 10.7 Å². The fraction of sp³-hybridized carbons (Fsp3) is 0.625. The van der Waals surface area contributed by atoms with E-state index in [0.717, 1.165) is 13.0 Å². The highest BCUT2D eigenvalue weighted by molar-refractivity contribution is 5.77. The van der Waals surface area contributed by atoms with E-state index in [1.54, 1.807) is 6.92 Å². The largest absolute Gasteiger partial charge is 0.391 e. The molecule has 4 nitrogen and oxygen atoms in total. The molecule has 3 N–H and O–H groups in total. The smallest absolute Gasteiger partial charge is 0.0957 e. The average molecular weight is 172 g/mol. The molecule has 1 aliphatic rings. The van der Waals surface area contributed by atoms with E-state index >= 15 is 0 Å². The van der Waals surface area contributed by atoms with Gasteiger partial charge in [0.05, 0.1) is 18.5 Å². The zero-order chi connectivity index (χ0) is 9.40. The molecule has 0 aromatic carbocycles. The van der Waals surface area contributed by atoms with Crippen molar-refractivity contribution >= 4 is 5.84 Å². The molecule has 4 heteroatoms. The maximum Gasteiger partial charge on any atom is 0.0957 e. The second kappa shape index (κ2) is 6.82. The molecule has 70 valence electrons. The number of nitrogens with zero attached hydrogens (tertiary/aromatic N) is 1. The van der Waals surface area contributed by atoms with E-state index in [2.05, 4.69) is 11.6 Å². The van der Waals surface area contributed by atoms with Gasteiger partial charge in [0.1, 0.15) is 0 Å². The molecule has 0 saturated carbocycles. The van der Waals surface area contributed by atoms with Crippen LogP contribution in [0.3, 0.4) is 0 Å². The Bertz CT molecular complexity index is 147. The molecule has 0 amide bonds. The topological polar surface area (TPSA) is 67.8 Å². The van der Waals surface area contributed by atoms with Gasteiger partial charge < -0.3 is 15.6 Å². The predicted molar refractivity (Wildman–Crippen MR) is 48.9 cm³/mol. The Morgan fingerprint density at radius 2 is 2.50 bits per heavy atom. The number of ether oxygens (including phenoxy) is 1. The molecule has 0 aliphatic carbocycles. The summed E-state index contributed by atoms with van der Waals surface area (Å²) in [5.41, 5.74) is 5.08. The molecule has 1 aliphatic heterocycles. The zero-order valence-corrected chi connectivity index (χ0v) is 7.36. The molecule has 0 spiro atoms. The average Bonchev–Trinajstić information content (AvgIpc) is 2.40. The maximum absolute atomic E-state index is 8.60. The van der Waals surface area contributed by atoms with Crippen LogP contribution in [0.25, 0.3) is 0 Å². The Labute approximate surface area is 72.7 Å². The van der Waals surface area contributed by atoms with Crippen LogP contribution in [0.1, 0.15) is 13.3 Å². The molecular formula is C8H16N2O2. The molecule has 1 atom stereocenters. The number of hydrogen-bond donors (Lipinski definition) is 2. The Kier molecular flexibility index (Phi) is 6.32. The van der Waals surface area contributed by atoms with Gasteiger partial charge in [-0.15, -0.1) is 0 Å². The number of amidine groups is 1. The van der Waals surface area contributed by atoms with E-state index in [0.29, 0.717) is 12.4 Å². The van der Waals surface area contributed by atoms with Crippen LogP contribution in [0.4, 0.5) is 0 Å². The van der Waals surface area contributed by atoms with Crippen molar-refractivity contribution < 1.29 is 9.84 Å². The van der Waals surface area contributed by atoms with Crippen molar-refractivity contribution in [3.8, 4) is 0 Å². The van der Waals surface area contributed by atoms with Crippen LogP contribution < -0.4 is 5.73 Å². The fourth-order valence-corrected chi connectivity index (χ4v) is 0.666. The number of nitrogens with two attached hydrogens (primary N) is 1. The molecule has 1 fully saturated rings. The lowest BCUT2D eigenvalue weighted by molar-refractivity contribution is 0.127. The minimum absolute atomic E-state index is 0.176. The predicted octanol–water partition coefficient (Wildman–Crippen LogP) is 0.275. The fourth-order valence-electron chi connectivity index (χ4n) is 0.666. The van der Waals surface area contributed by atoms with Gasteiger partial charge in [-0.2, -0.15) is 0 Å². The molecule has 1 saturated heterocycles. The Hall–Kier alpha value is -0.870. The minimum Gasteiger partial charge on any atom is -0.391 e. The third-order valence-electron chi connectivity index (χ3n) is 1.20. The first-order valence-corrected chi connectivity index (χ1v) is 3.83. The molecule has 0 bridgehead atoms. The molecule has 1 heterocycles. The van der Waals surface area contributed by atoms with Crippen LogP contribution in [0.2, 0.25) is 0 Å². The van der Waals surface area contributed by atoms with E-state index in [1.165, 1.54) is 6.20 Å². The third-order valence-corrected chi connectivity index (χ3v) is 1.20. The summed E-state index contributed by atoms with van der Waals surface area (Å²) in [6.45, 7) is 6.32. The van der Waals surface area contributed by atoms with Gasteiger partial charge in [-0.05, 0) is 13.3 Å². The SMILES string of the molecule is C=CN=C(C)N.OC1CCOC1. The molecule has 0 radical (unpaired) electrons. The summed E-state index contributed by atoms with van der Waals surface area (Å²) in [6, 6.07) is 0. The Balaban J connectivity index is 0.000000202. The highest BCUT2D eigenvalue weighted by Crippen LogP contribution is 2.00. The number of rotatable bonds is 1. The first-order chi connectivity index (χ1) is 5.66. The lowest BCUT2D eigenvalue weighted by Crippen LogP contribution is -2.03. The summed E-state index contributed by atoms with van der Waals surface area (Å²) in [6.07, 6.45) is 2.06. The molecule has 1 unspecified atom stereocenters. The van der Waals surface area contributed by atoms with Crippen molar-refractivity contribution in [2.45, 2.75) is 19.4 Å². The van der Waals surface area contributed by atoms with Crippen molar-refractivity contribution in [3.63, 3.8) is 0 Å². The van der Waals surface area contributed by atoms with Crippen LogP contribution in [-0.2, 0) is 4.74 Å². The maximum atomic E-state index is 8.60. The van der Waals surface area contributed by atoms with Gasteiger partial charge in [-0.3, -0.25) is 0 Å². The quantitative estimate of drug-likeness (QED) is 0.441. The van der Waals surface area contributed by atoms with E-state index in [9.17, 15) is 0 Å². The lowest BCUT2D eigenvalue weighted by Gasteiger charge is -1.89. The lowest BCUT2D eigenvalue weighted by atomic mass is 10.3. The van der Waals surface area contributed by atoms with Crippen molar-refractivity contribution in [1.29, 1.82) is 0 Å². The van der Waals surface area contributed by atoms with Gasteiger partial charge >= 0.3 is 0 Å². The van der Waals surface area contributed by atoms with E-state index in [1.807, 2.05) is 0 Å². The number of aliphatic hydroxyl groups is 1. The van der Waals surface area contributed by atoms with Crippen molar-refractivity contribution in [2.75, 3.05) is 13.2 Å². The van der Waals surface area contributed by atoms with Gasteiger partial charge in [0.25, 0.3) is 0 Å². The summed E-state index contributed by atoms with van der Waals surface area (Å²) >= 11 is 0. The van der Waals surface area contributed by atoms with Crippen LogP contribution in [0, 0.1) is 0 Å². The standard InChI is InChI=1S/C4H8N2.C4H8O2/c1-3-6-4(2)5;5-4-1-2-6-3-4/h3H,1H2,2H3,(H2,5,6);4-5H,1-3H2. The highest BCUT2D eigenvalue weighted by atomic mass is 16.5. The highest BCUT2D eigenvalue weighted by Gasteiger charge is 2.09.